The summed E-state index contributed by atoms with van der Waals surface area (Å²) in [4.78, 5) is 2.34. The van der Waals surface area contributed by atoms with Crippen molar-refractivity contribution in [2.75, 3.05) is 33.4 Å². The molecule has 0 spiro atoms. The van der Waals surface area contributed by atoms with E-state index >= 15 is 0 Å². The Morgan fingerprint density at radius 2 is 1.74 bits per heavy atom. The van der Waals surface area contributed by atoms with Crippen LogP contribution in [0.2, 0.25) is 0 Å². The lowest BCUT2D eigenvalue weighted by molar-refractivity contribution is 0.0968. The molecule has 35 heavy (non-hydrogen) atoms. The van der Waals surface area contributed by atoms with Crippen LogP contribution in [0.15, 0.2) is 66.7 Å². The van der Waals surface area contributed by atoms with Crippen LogP contribution in [0.1, 0.15) is 47.1 Å². The maximum atomic E-state index is 14.0. The lowest BCUT2D eigenvalue weighted by Crippen LogP contribution is -2.47. The second-order valence-electron chi connectivity index (χ2n) is 9.78. The number of ether oxygens (including phenoxy) is 1. The number of methoxy groups -OCH3 is 1. The van der Waals surface area contributed by atoms with Gasteiger partial charge in [0, 0.05) is 31.3 Å². The third-order valence-electron chi connectivity index (χ3n) is 7.36. The standard InChI is InChI=1S/C31H33F2NO/c1-35-30-19-26(33)14-15-28(30)29-9-4-7-24-6-2-3-8-27(24)31(29)25-12-10-22(11-13-25)18-23-20-34(21-23)17-5-16-32/h2-3,6,8,10-15,19,23H,4-5,7,9,16-18,20-21H2,1H3. The van der Waals surface area contributed by atoms with Crippen molar-refractivity contribution in [2.45, 2.75) is 32.1 Å². The predicted molar refractivity (Wildman–Crippen MR) is 139 cm³/mol. The summed E-state index contributed by atoms with van der Waals surface area (Å²) in [5.74, 6) is 0.943. The third-order valence-corrected chi connectivity index (χ3v) is 7.36. The Hall–Kier alpha value is -2.98. The number of likely N-dealkylation sites (tertiary alicyclic amines) is 1. The van der Waals surface area contributed by atoms with Crippen LogP contribution in [0, 0.1) is 11.7 Å². The third kappa shape index (κ3) is 5.18. The van der Waals surface area contributed by atoms with Crippen LogP contribution < -0.4 is 4.74 Å². The van der Waals surface area contributed by atoms with Gasteiger partial charge in [-0.2, -0.15) is 0 Å². The molecule has 0 radical (unpaired) electrons. The smallest absolute Gasteiger partial charge is 0.129 e. The summed E-state index contributed by atoms with van der Waals surface area (Å²) in [5, 5.41) is 0. The van der Waals surface area contributed by atoms with Crippen LogP contribution in [0.4, 0.5) is 8.78 Å². The van der Waals surface area contributed by atoms with E-state index in [1.807, 2.05) is 6.07 Å². The van der Waals surface area contributed by atoms with Gasteiger partial charge < -0.3 is 9.64 Å². The van der Waals surface area contributed by atoms with Gasteiger partial charge in [0.25, 0.3) is 0 Å². The summed E-state index contributed by atoms with van der Waals surface area (Å²) < 4.78 is 32.0. The minimum Gasteiger partial charge on any atom is -0.496 e. The molecule has 4 heteroatoms. The quantitative estimate of drug-likeness (QED) is 0.351. The molecular weight excluding hydrogens is 440 g/mol. The number of benzene rings is 3. The normalized spacial score (nSPS) is 16.5. The predicted octanol–water partition coefficient (Wildman–Crippen LogP) is 6.96. The zero-order valence-corrected chi connectivity index (χ0v) is 20.4. The largest absolute Gasteiger partial charge is 0.496 e. The first-order valence-corrected chi connectivity index (χ1v) is 12.7. The molecule has 0 atom stereocenters. The van der Waals surface area contributed by atoms with Gasteiger partial charge in [0.1, 0.15) is 11.6 Å². The molecule has 1 aliphatic heterocycles. The van der Waals surface area contributed by atoms with Crippen molar-refractivity contribution in [1.29, 1.82) is 0 Å². The number of nitrogens with zero attached hydrogens (tertiary/aromatic N) is 1. The lowest BCUT2D eigenvalue weighted by Gasteiger charge is -2.39. The summed E-state index contributed by atoms with van der Waals surface area (Å²) in [7, 11) is 1.61. The maximum absolute atomic E-state index is 14.0. The van der Waals surface area contributed by atoms with Crippen molar-refractivity contribution in [3.05, 3.63) is 100 Å². The minimum absolute atomic E-state index is 0.229. The Morgan fingerprint density at radius 3 is 2.51 bits per heavy atom. The summed E-state index contributed by atoms with van der Waals surface area (Å²) >= 11 is 0. The molecule has 2 aliphatic rings. The van der Waals surface area contributed by atoms with Crippen LogP contribution in [-0.4, -0.2) is 38.3 Å². The highest BCUT2D eigenvalue weighted by Gasteiger charge is 2.26. The Morgan fingerprint density at radius 1 is 0.943 bits per heavy atom. The SMILES string of the molecule is COc1cc(F)ccc1C1=C(c2ccc(CC3CN(CCCF)C3)cc2)c2ccccc2CCC1. The number of alkyl halides is 1. The zero-order chi connectivity index (χ0) is 24.2. The Kier molecular flexibility index (Phi) is 7.29. The molecule has 0 unspecified atom stereocenters. The number of rotatable bonds is 8. The van der Waals surface area contributed by atoms with Crippen molar-refractivity contribution < 1.29 is 13.5 Å². The molecule has 1 heterocycles. The summed E-state index contributed by atoms with van der Waals surface area (Å²) in [6, 6.07) is 22.5. The van der Waals surface area contributed by atoms with Crippen molar-refractivity contribution >= 4 is 11.1 Å². The molecule has 3 aromatic carbocycles. The number of aryl methyl sites for hydroxylation is 1. The van der Waals surface area contributed by atoms with Gasteiger partial charge in [-0.1, -0.05) is 48.5 Å². The number of hydrogen-bond donors (Lipinski definition) is 0. The van der Waals surface area contributed by atoms with E-state index in [0.717, 1.165) is 50.9 Å². The van der Waals surface area contributed by atoms with Crippen LogP contribution in [0.25, 0.3) is 11.1 Å². The maximum Gasteiger partial charge on any atom is 0.129 e. The second kappa shape index (κ2) is 10.7. The molecule has 3 aromatic rings. The number of fused-ring (bicyclic) bond motifs is 1. The second-order valence-corrected chi connectivity index (χ2v) is 9.78. The molecule has 0 N–H and O–H groups in total. The van der Waals surface area contributed by atoms with E-state index in [0.29, 0.717) is 18.1 Å². The van der Waals surface area contributed by atoms with Gasteiger partial charge in [-0.15, -0.1) is 0 Å². The molecule has 2 nitrogen and oxygen atoms in total. The molecule has 5 rings (SSSR count). The summed E-state index contributed by atoms with van der Waals surface area (Å²) in [6.07, 6.45) is 4.66. The van der Waals surface area contributed by atoms with Crippen molar-refractivity contribution in [1.82, 2.24) is 4.90 Å². The fourth-order valence-corrected chi connectivity index (χ4v) is 5.65. The molecule has 1 saturated heterocycles. The highest BCUT2D eigenvalue weighted by Crippen LogP contribution is 2.42. The fraction of sp³-hybridized carbons (Fsp3) is 0.355. The molecule has 1 fully saturated rings. The average Bonchev–Trinajstić information content (AvgIpc) is 3.05. The van der Waals surface area contributed by atoms with Gasteiger partial charge in [0.15, 0.2) is 0 Å². The van der Waals surface area contributed by atoms with Crippen LogP contribution in [0.5, 0.6) is 5.75 Å². The Balaban J connectivity index is 1.48. The topological polar surface area (TPSA) is 12.5 Å². The van der Waals surface area contributed by atoms with E-state index in [2.05, 4.69) is 53.4 Å². The first-order chi connectivity index (χ1) is 17.2. The van der Waals surface area contributed by atoms with E-state index in [4.69, 9.17) is 4.74 Å². The molecule has 0 bridgehead atoms. The van der Waals surface area contributed by atoms with E-state index in [1.54, 1.807) is 7.11 Å². The number of hydrogen-bond acceptors (Lipinski definition) is 2. The Labute approximate surface area is 207 Å². The molecule has 0 amide bonds. The monoisotopic (exact) mass is 473 g/mol. The zero-order valence-electron chi connectivity index (χ0n) is 20.4. The lowest BCUT2D eigenvalue weighted by atomic mass is 9.86. The van der Waals surface area contributed by atoms with E-state index in [9.17, 15) is 8.78 Å². The van der Waals surface area contributed by atoms with E-state index in [1.165, 1.54) is 45.5 Å². The van der Waals surface area contributed by atoms with Crippen molar-refractivity contribution in [3.8, 4) is 5.75 Å². The fourth-order valence-electron chi connectivity index (χ4n) is 5.65. The van der Waals surface area contributed by atoms with Gasteiger partial charge in [0.05, 0.1) is 13.8 Å². The molecular formula is C31H33F2NO. The highest BCUT2D eigenvalue weighted by atomic mass is 19.1. The van der Waals surface area contributed by atoms with Gasteiger partial charge in [-0.05, 0) is 83.6 Å². The number of halogens is 2. The van der Waals surface area contributed by atoms with Crippen molar-refractivity contribution in [3.63, 3.8) is 0 Å². The molecule has 0 aromatic heterocycles. The average molecular weight is 474 g/mol. The Bertz CT molecular complexity index is 1190. The van der Waals surface area contributed by atoms with Gasteiger partial charge in [-0.3, -0.25) is 4.39 Å². The van der Waals surface area contributed by atoms with Gasteiger partial charge in [0.2, 0.25) is 0 Å². The highest BCUT2D eigenvalue weighted by molar-refractivity contribution is 6.00. The summed E-state index contributed by atoms with van der Waals surface area (Å²) in [6.45, 7) is 2.77. The van der Waals surface area contributed by atoms with Gasteiger partial charge in [-0.25, -0.2) is 4.39 Å². The van der Waals surface area contributed by atoms with Crippen molar-refractivity contribution in [2.24, 2.45) is 5.92 Å². The molecule has 182 valence electrons. The molecule has 0 saturated carbocycles. The van der Waals surface area contributed by atoms with Crippen LogP contribution in [-0.2, 0) is 12.8 Å². The number of allylic oxidation sites excluding steroid dienone is 1. The summed E-state index contributed by atoms with van der Waals surface area (Å²) in [5.41, 5.74) is 8.52. The van der Waals surface area contributed by atoms with Crippen LogP contribution in [0.3, 0.4) is 0 Å². The van der Waals surface area contributed by atoms with E-state index in [-0.39, 0.29) is 12.5 Å². The molecule has 1 aliphatic carbocycles. The first kappa shape index (κ1) is 23.7. The first-order valence-electron chi connectivity index (χ1n) is 12.7. The van der Waals surface area contributed by atoms with E-state index < -0.39 is 0 Å². The minimum atomic E-state index is -0.287. The van der Waals surface area contributed by atoms with Crippen LogP contribution >= 0.6 is 0 Å². The van der Waals surface area contributed by atoms with Gasteiger partial charge >= 0.3 is 0 Å².